The van der Waals surface area contributed by atoms with E-state index in [1.807, 2.05) is 24.3 Å². The van der Waals surface area contributed by atoms with Gasteiger partial charge < -0.3 is 10.3 Å². The quantitative estimate of drug-likeness (QED) is 0.537. The molecule has 142 valence electrons. The fourth-order valence-corrected chi connectivity index (χ4v) is 3.34. The summed E-state index contributed by atoms with van der Waals surface area (Å²) in [6, 6.07) is 13.7. The molecule has 0 radical (unpaired) electrons. The van der Waals surface area contributed by atoms with E-state index in [1.165, 1.54) is 16.8 Å². The molecule has 0 atom stereocenters. The maximum Gasteiger partial charge on any atom is 0.256 e. The number of fused-ring (bicyclic) bond motifs is 1. The van der Waals surface area contributed by atoms with Gasteiger partial charge >= 0.3 is 0 Å². The molecule has 0 fully saturated rings. The minimum Gasteiger partial charge on any atom is -0.345 e. The second kappa shape index (κ2) is 7.44. The van der Waals surface area contributed by atoms with Crippen LogP contribution in [-0.2, 0) is 13.1 Å². The number of amides is 1. The molecular weight excluding hydrogens is 381 g/mol. The highest BCUT2D eigenvalue weighted by Crippen LogP contribution is 2.21. The number of H-pyrrole nitrogens is 1. The van der Waals surface area contributed by atoms with Gasteiger partial charge in [0, 0.05) is 0 Å². The molecule has 0 spiro atoms. The Morgan fingerprint density at radius 3 is 2.71 bits per heavy atom. The first-order valence-electron chi connectivity index (χ1n) is 8.70. The molecule has 0 aliphatic rings. The Bertz CT molecular complexity index is 1120. The van der Waals surface area contributed by atoms with E-state index >= 15 is 0 Å². The number of carbonyl (C=O) groups excluding carboxylic acids is 1. The predicted molar refractivity (Wildman–Crippen MR) is 105 cm³/mol. The first kappa shape index (κ1) is 18.2. The summed E-state index contributed by atoms with van der Waals surface area (Å²) in [5, 5.41) is 7.41. The van der Waals surface area contributed by atoms with Crippen LogP contribution in [0.5, 0.6) is 0 Å². The first-order valence-corrected chi connectivity index (χ1v) is 9.08. The van der Waals surface area contributed by atoms with E-state index in [0.717, 1.165) is 16.6 Å². The summed E-state index contributed by atoms with van der Waals surface area (Å²) in [6.45, 7) is 2.31. The van der Waals surface area contributed by atoms with Crippen LogP contribution < -0.4 is 5.32 Å². The lowest BCUT2D eigenvalue weighted by atomic mass is 10.2. The van der Waals surface area contributed by atoms with E-state index in [0.29, 0.717) is 23.6 Å². The van der Waals surface area contributed by atoms with Gasteiger partial charge in [0.25, 0.3) is 5.91 Å². The molecule has 2 N–H and O–H groups in total. The van der Waals surface area contributed by atoms with Crippen LogP contribution in [0.15, 0.2) is 48.5 Å². The fraction of sp³-hybridized carbons (Fsp3) is 0.150. The van der Waals surface area contributed by atoms with E-state index in [-0.39, 0.29) is 23.4 Å². The molecule has 4 aromatic rings. The highest BCUT2D eigenvalue weighted by Gasteiger charge is 2.20. The van der Waals surface area contributed by atoms with Gasteiger partial charge in [0.05, 0.1) is 35.4 Å². The van der Waals surface area contributed by atoms with Gasteiger partial charge in [-0.2, -0.15) is 5.10 Å². The Hall–Kier alpha value is -3.19. The van der Waals surface area contributed by atoms with Crippen molar-refractivity contribution in [3.63, 3.8) is 0 Å². The van der Waals surface area contributed by atoms with Crippen LogP contribution in [0.1, 0.15) is 27.4 Å². The van der Waals surface area contributed by atoms with Gasteiger partial charge in [0.2, 0.25) is 0 Å². The van der Waals surface area contributed by atoms with Crippen molar-refractivity contribution < 1.29 is 9.18 Å². The summed E-state index contributed by atoms with van der Waals surface area (Å²) in [5.41, 5.74) is 3.43. The average molecular weight is 398 g/mol. The van der Waals surface area contributed by atoms with E-state index in [2.05, 4.69) is 20.4 Å². The summed E-state index contributed by atoms with van der Waals surface area (Å²) in [7, 11) is 0. The van der Waals surface area contributed by atoms with Gasteiger partial charge in [-0.15, -0.1) is 0 Å². The van der Waals surface area contributed by atoms with Crippen molar-refractivity contribution in [3.8, 4) is 0 Å². The van der Waals surface area contributed by atoms with Crippen molar-refractivity contribution in [1.82, 2.24) is 25.1 Å². The summed E-state index contributed by atoms with van der Waals surface area (Å²) in [4.78, 5) is 20.2. The molecule has 4 rings (SSSR count). The van der Waals surface area contributed by atoms with E-state index in [9.17, 15) is 9.18 Å². The minimum atomic E-state index is -0.326. The molecule has 6 nitrogen and oxygen atoms in total. The number of benzene rings is 2. The van der Waals surface area contributed by atoms with Crippen LogP contribution in [0, 0.1) is 12.7 Å². The molecule has 2 heterocycles. The third-order valence-corrected chi connectivity index (χ3v) is 4.78. The smallest absolute Gasteiger partial charge is 0.256 e. The molecule has 0 aliphatic heterocycles. The number of imidazole rings is 1. The van der Waals surface area contributed by atoms with Gasteiger partial charge in [-0.1, -0.05) is 35.9 Å². The monoisotopic (exact) mass is 397 g/mol. The van der Waals surface area contributed by atoms with Crippen molar-refractivity contribution in [2.45, 2.75) is 20.0 Å². The van der Waals surface area contributed by atoms with Crippen molar-refractivity contribution >= 4 is 28.5 Å². The largest absolute Gasteiger partial charge is 0.345 e. The van der Waals surface area contributed by atoms with Gasteiger partial charge in [0.15, 0.2) is 0 Å². The topological polar surface area (TPSA) is 75.6 Å². The minimum absolute atomic E-state index is 0.240. The summed E-state index contributed by atoms with van der Waals surface area (Å²) < 4.78 is 14.6. The van der Waals surface area contributed by atoms with Gasteiger partial charge in [-0.3, -0.25) is 4.79 Å². The molecule has 2 aromatic heterocycles. The maximum absolute atomic E-state index is 13.1. The molecule has 0 aliphatic carbocycles. The number of hydrogen-bond acceptors (Lipinski definition) is 3. The van der Waals surface area contributed by atoms with Gasteiger partial charge in [0.1, 0.15) is 16.8 Å². The lowest BCUT2D eigenvalue weighted by Gasteiger charge is -2.05. The van der Waals surface area contributed by atoms with Crippen LogP contribution in [0.3, 0.4) is 0 Å². The molecule has 0 saturated carbocycles. The summed E-state index contributed by atoms with van der Waals surface area (Å²) >= 11 is 6.39. The van der Waals surface area contributed by atoms with Crippen LogP contribution in [0.25, 0.3) is 11.0 Å². The number of halogens is 2. The van der Waals surface area contributed by atoms with Crippen LogP contribution in [-0.4, -0.2) is 25.7 Å². The number of hydrogen-bond donors (Lipinski definition) is 2. The number of rotatable bonds is 5. The van der Waals surface area contributed by atoms with Crippen molar-refractivity contribution in [1.29, 1.82) is 0 Å². The molecule has 0 unspecified atom stereocenters. The second-order valence-electron chi connectivity index (χ2n) is 6.42. The van der Waals surface area contributed by atoms with Crippen molar-refractivity contribution in [2.24, 2.45) is 0 Å². The third kappa shape index (κ3) is 3.61. The Morgan fingerprint density at radius 2 is 1.96 bits per heavy atom. The van der Waals surface area contributed by atoms with E-state index < -0.39 is 0 Å². The Labute approximate surface area is 165 Å². The van der Waals surface area contributed by atoms with Crippen molar-refractivity contribution in [2.75, 3.05) is 0 Å². The Morgan fingerprint density at radius 1 is 1.21 bits per heavy atom. The molecule has 0 bridgehead atoms. The SMILES string of the molecule is Cc1nn(Cc2ccc(F)cc2)c(Cl)c1C(=O)NCc1nc2ccccc2[nH]1. The van der Waals surface area contributed by atoms with Crippen LogP contribution >= 0.6 is 11.6 Å². The third-order valence-electron chi connectivity index (χ3n) is 4.39. The lowest BCUT2D eigenvalue weighted by Crippen LogP contribution is -2.24. The molecule has 2 aromatic carbocycles. The highest BCUT2D eigenvalue weighted by molar-refractivity contribution is 6.33. The number of para-hydroxylation sites is 2. The van der Waals surface area contributed by atoms with E-state index in [4.69, 9.17) is 11.6 Å². The second-order valence-corrected chi connectivity index (χ2v) is 6.78. The molecule has 1 amide bonds. The number of carbonyl (C=O) groups is 1. The lowest BCUT2D eigenvalue weighted by molar-refractivity contribution is 0.0949. The average Bonchev–Trinajstić information content (AvgIpc) is 3.22. The number of aromatic nitrogens is 4. The molecule has 8 heteroatoms. The Kier molecular flexibility index (Phi) is 4.83. The zero-order chi connectivity index (χ0) is 19.7. The normalized spacial score (nSPS) is 11.1. The fourth-order valence-electron chi connectivity index (χ4n) is 3.02. The number of nitrogens with zero attached hydrogens (tertiary/aromatic N) is 3. The summed E-state index contributed by atoms with van der Waals surface area (Å²) in [6.07, 6.45) is 0. The van der Waals surface area contributed by atoms with Crippen LogP contribution in [0.4, 0.5) is 4.39 Å². The summed E-state index contributed by atoms with van der Waals surface area (Å²) in [5.74, 6) is 0.0208. The Balaban J connectivity index is 1.49. The van der Waals surface area contributed by atoms with Gasteiger partial charge in [-0.05, 0) is 36.8 Å². The highest BCUT2D eigenvalue weighted by atomic mass is 35.5. The zero-order valence-electron chi connectivity index (χ0n) is 15.0. The zero-order valence-corrected chi connectivity index (χ0v) is 15.8. The predicted octanol–water partition coefficient (Wildman–Crippen LogP) is 3.84. The van der Waals surface area contributed by atoms with Crippen molar-refractivity contribution in [3.05, 3.63) is 82.1 Å². The van der Waals surface area contributed by atoms with E-state index in [1.54, 1.807) is 19.1 Å². The van der Waals surface area contributed by atoms with Gasteiger partial charge in [-0.25, -0.2) is 14.1 Å². The molecule has 0 saturated heterocycles. The standard InChI is InChI=1S/C20H17ClFN5O/c1-12-18(19(21)27(26-12)11-13-6-8-14(22)9-7-13)20(28)23-10-17-24-15-4-2-3-5-16(15)25-17/h2-9H,10-11H2,1H3,(H,23,28)(H,24,25). The number of aromatic amines is 1. The number of aryl methyl sites for hydroxylation is 1. The molecular formula is C20H17ClFN5O. The number of nitrogens with one attached hydrogen (secondary N) is 2. The molecule has 28 heavy (non-hydrogen) atoms. The maximum atomic E-state index is 13.1. The first-order chi connectivity index (χ1) is 13.5. The van der Waals surface area contributed by atoms with Crippen LogP contribution in [0.2, 0.25) is 5.15 Å².